The van der Waals surface area contributed by atoms with Crippen molar-refractivity contribution in [3.63, 3.8) is 0 Å². The molecule has 23 heavy (non-hydrogen) atoms. The maximum absolute atomic E-state index is 9.92. The molecule has 1 heterocycles. The Morgan fingerprint density at radius 2 is 1.83 bits per heavy atom. The lowest BCUT2D eigenvalue weighted by Crippen LogP contribution is -1.99. The molecule has 0 aliphatic carbocycles. The van der Waals surface area contributed by atoms with Crippen LogP contribution >= 0.6 is 11.6 Å². The summed E-state index contributed by atoms with van der Waals surface area (Å²) in [4.78, 5) is 8.86. The Kier molecular flexibility index (Phi) is 4.17. The molecule has 116 valence electrons. The second kappa shape index (κ2) is 6.26. The number of aromatic nitrogens is 2. The molecule has 3 aromatic rings. The molecule has 1 aromatic heterocycles. The van der Waals surface area contributed by atoms with E-state index in [-0.39, 0.29) is 5.75 Å². The van der Waals surface area contributed by atoms with Crippen LogP contribution in [0.3, 0.4) is 0 Å². The quantitative estimate of drug-likeness (QED) is 0.675. The fourth-order valence-electron chi connectivity index (χ4n) is 2.33. The summed E-state index contributed by atoms with van der Waals surface area (Å²) in [5.74, 6) is 1.36. The van der Waals surface area contributed by atoms with Gasteiger partial charge in [-0.15, -0.1) is 0 Å². The predicted molar refractivity (Wildman–Crippen MR) is 93.3 cm³/mol. The first kappa shape index (κ1) is 15.3. The van der Waals surface area contributed by atoms with E-state index in [1.807, 2.05) is 38.1 Å². The zero-order valence-corrected chi connectivity index (χ0v) is 13.6. The van der Waals surface area contributed by atoms with Gasteiger partial charge in [-0.05, 0) is 38.1 Å². The van der Waals surface area contributed by atoms with Gasteiger partial charge < -0.3 is 10.4 Å². The van der Waals surface area contributed by atoms with E-state index in [2.05, 4.69) is 21.4 Å². The average Bonchev–Trinajstić information content (AvgIpc) is 2.50. The summed E-state index contributed by atoms with van der Waals surface area (Å²) in [6.07, 6.45) is 0. The molecule has 4 nitrogen and oxygen atoms in total. The van der Waals surface area contributed by atoms with E-state index in [4.69, 9.17) is 11.6 Å². The van der Waals surface area contributed by atoms with Crippen LogP contribution in [0.1, 0.15) is 11.4 Å². The number of rotatable bonds is 3. The predicted octanol–water partition coefficient (Wildman–Crippen LogP) is 4.86. The van der Waals surface area contributed by atoms with Gasteiger partial charge in [0, 0.05) is 16.7 Å². The van der Waals surface area contributed by atoms with Gasteiger partial charge in [-0.1, -0.05) is 35.4 Å². The van der Waals surface area contributed by atoms with E-state index in [1.54, 1.807) is 18.2 Å². The number of aromatic hydroxyl groups is 1. The maximum atomic E-state index is 9.92. The molecular weight excluding hydrogens is 310 g/mol. The van der Waals surface area contributed by atoms with Crippen molar-refractivity contribution in [3.05, 3.63) is 64.9 Å². The number of nitrogens with one attached hydrogen (secondary N) is 1. The van der Waals surface area contributed by atoms with Crippen LogP contribution in [0.4, 0.5) is 11.5 Å². The van der Waals surface area contributed by atoms with Crippen molar-refractivity contribution in [2.75, 3.05) is 5.32 Å². The van der Waals surface area contributed by atoms with Crippen LogP contribution in [0.15, 0.2) is 48.5 Å². The summed E-state index contributed by atoms with van der Waals surface area (Å²) in [6.45, 7) is 3.88. The van der Waals surface area contributed by atoms with E-state index in [0.29, 0.717) is 22.4 Å². The molecule has 0 aliphatic rings. The van der Waals surface area contributed by atoms with E-state index in [9.17, 15) is 5.11 Å². The van der Waals surface area contributed by atoms with Gasteiger partial charge in [0.2, 0.25) is 0 Å². The number of aryl methyl sites for hydroxylation is 2. The number of hydrogen-bond acceptors (Lipinski definition) is 4. The molecular formula is C18H16ClN3O. The largest absolute Gasteiger partial charge is 0.506 e. The topological polar surface area (TPSA) is 58.0 Å². The number of phenolic OH excluding ortho intramolecular Hbond substituents is 1. The summed E-state index contributed by atoms with van der Waals surface area (Å²) in [5.41, 5.74) is 3.52. The van der Waals surface area contributed by atoms with Gasteiger partial charge in [0.05, 0.1) is 11.4 Å². The molecule has 5 heteroatoms. The van der Waals surface area contributed by atoms with Crippen LogP contribution in [0.5, 0.6) is 5.75 Å². The molecule has 0 atom stereocenters. The Balaban J connectivity index is 1.99. The smallest absolute Gasteiger partial charge is 0.139 e. The van der Waals surface area contributed by atoms with E-state index >= 15 is 0 Å². The van der Waals surface area contributed by atoms with Gasteiger partial charge in [0.15, 0.2) is 0 Å². The Hall–Kier alpha value is -2.59. The average molecular weight is 326 g/mol. The lowest BCUT2D eigenvalue weighted by Gasteiger charge is -2.11. The summed E-state index contributed by atoms with van der Waals surface area (Å²) >= 11 is 5.98. The normalized spacial score (nSPS) is 10.6. The molecule has 0 amide bonds. The number of hydrogen-bond donors (Lipinski definition) is 2. The molecule has 2 aromatic carbocycles. The summed E-state index contributed by atoms with van der Waals surface area (Å²) in [7, 11) is 0. The van der Waals surface area contributed by atoms with Crippen molar-refractivity contribution < 1.29 is 5.11 Å². The van der Waals surface area contributed by atoms with E-state index in [1.165, 1.54) is 5.56 Å². The number of phenols is 1. The second-order valence-electron chi connectivity index (χ2n) is 5.34. The second-order valence-corrected chi connectivity index (χ2v) is 5.78. The Morgan fingerprint density at radius 1 is 1.00 bits per heavy atom. The number of benzene rings is 2. The van der Waals surface area contributed by atoms with Crippen molar-refractivity contribution in [1.29, 1.82) is 0 Å². The van der Waals surface area contributed by atoms with Crippen molar-refractivity contribution in [1.82, 2.24) is 9.97 Å². The minimum absolute atomic E-state index is 0.114. The van der Waals surface area contributed by atoms with E-state index < -0.39 is 0 Å². The molecule has 2 N–H and O–H groups in total. The first-order chi connectivity index (χ1) is 11.0. The first-order valence-electron chi connectivity index (χ1n) is 7.19. The minimum Gasteiger partial charge on any atom is -0.506 e. The van der Waals surface area contributed by atoms with Crippen molar-refractivity contribution in [2.45, 2.75) is 13.8 Å². The van der Waals surface area contributed by atoms with Gasteiger partial charge in [0.1, 0.15) is 17.4 Å². The van der Waals surface area contributed by atoms with Crippen LogP contribution in [0, 0.1) is 13.8 Å². The summed E-state index contributed by atoms with van der Waals surface area (Å²) < 4.78 is 0. The molecule has 3 rings (SSSR count). The highest BCUT2D eigenvalue weighted by Crippen LogP contribution is 2.30. The molecule has 0 saturated heterocycles. The zero-order valence-electron chi connectivity index (χ0n) is 12.8. The monoisotopic (exact) mass is 325 g/mol. The summed E-state index contributed by atoms with van der Waals surface area (Å²) in [6, 6.07) is 14.8. The van der Waals surface area contributed by atoms with Crippen LogP contribution in [-0.2, 0) is 0 Å². The number of anilines is 2. The molecule has 0 saturated carbocycles. The van der Waals surface area contributed by atoms with Crippen LogP contribution in [-0.4, -0.2) is 15.1 Å². The summed E-state index contributed by atoms with van der Waals surface area (Å²) in [5, 5.41) is 13.6. The maximum Gasteiger partial charge on any atom is 0.139 e. The van der Waals surface area contributed by atoms with Gasteiger partial charge in [-0.3, -0.25) is 0 Å². The molecule has 0 radical (unpaired) electrons. The Labute approximate surface area is 139 Å². The highest BCUT2D eigenvalue weighted by Gasteiger charge is 2.08. The standard InChI is InChI=1S/C18H16ClN3O/c1-11-4-3-5-13(8-11)15-10-18(21-12(2)20-15)22-16-9-14(19)6-7-17(16)23/h3-10,23H,1-2H3,(H,20,21,22). The number of nitrogens with zero attached hydrogens (tertiary/aromatic N) is 2. The van der Waals surface area contributed by atoms with Gasteiger partial charge >= 0.3 is 0 Å². The van der Waals surface area contributed by atoms with Gasteiger partial charge in [-0.25, -0.2) is 9.97 Å². The molecule has 0 aliphatic heterocycles. The SMILES string of the molecule is Cc1cccc(-c2cc(Nc3cc(Cl)ccc3O)nc(C)n2)c1. The van der Waals surface area contributed by atoms with E-state index in [0.717, 1.165) is 11.3 Å². The highest BCUT2D eigenvalue weighted by molar-refractivity contribution is 6.30. The van der Waals surface area contributed by atoms with Gasteiger partial charge in [-0.2, -0.15) is 0 Å². The Bertz CT molecular complexity index is 865. The van der Waals surface area contributed by atoms with Gasteiger partial charge in [0.25, 0.3) is 0 Å². The van der Waals surface area contributed by atoms with Crippen LogP contribution in [0.2, 0.25) is 5.02 Å². The minimum atomic E-state index is 0.114. The number of halogens is 1. The third-order valence-electron chi connectivity index (χ3n) is 3.37. The highest BCUT2D eigenvalue weighted by atomic mass is 35.5. The first-order valence-corrected chi connectivity index (χ1v) is 7.57. The zero-order chi connectivity index (χ0) is 16.4. The van der Waals surface area contributed by atoms with Crippen molar-refractivity contribution in [3.8, 4) is 17.0 Å². The fraction of sp³-hybridized carbons (Fsp3) is 0.111. The molecule has 0 spiro atoms. The third-order valence-corrected chi connectivity index (χ3v) is 3.61. The lowest BCUT2D eigenvalue weighted by molar-refractivity contribution is 0.477. The lowest BCUT2D eigenvalue weighted by atomic mass is 10.1. The van der Waals surface area contributed by atoms with Crippen LogP contribution in [0.25, 0.3) is 11.3 Å². The molecule has 0 bridgehead atoms. The molecule has 0 unspecified atom stereocenters. The fourth-order valence-corrected chi connectivity index (χ4v) is 2.50. The Morgan fingerprint density at radius 3 is 2.61 bits per heavy atom. The third kappa shape index (κ3) is 3.60. The van der Waals surface area contributed by atoms with Crippen LogP contribution < -0.4 is 5.32 Å². The van der Waals surface area contributed by atoms with Crippen molar-refractivity contribution in [2.24, 2.45) is 0 Å². The molecule has 0 fully saturated rings. The van der Waals surface area contributed by atoms with Crippen molar-refractivity contribution >= 4 is 23.1 Å².